The van der Waals surface area contributed by atoms with Gasteiger partial charge >= 0.3 is 6.03 Å². The minimum absolute atomic E-state index is 0.0991. The highest BCUT2D eigenvalue weighted by Crippen LogP contribution is 2.58. The second-order valence-electron chi connectivity index (χ2n) is 6.42. The number of piperidine rings is 1. The Morgan fingerprint density at radius 3 is 2.61 bits per heavy atom. The van der Waals surface area contributed by atoms with Crippen molar-refractivity contribution in [1.82, 2.24) is 10.6 Å². The lowest BCUT2D eigenvalue weighted by Crippen LogP contribution is -2.31. The van der Waals surface area contributed by atoms with Crippen LogP contribution in [0.3, 0.4) is 0 Å². The van der Waals surface area contributed by atoms with E-state index in [1.807, 2.05) is 19.1 Å². The molecule has 1 spiro atoms. The number of carbonyl (C=O) groups excluding carboxylic acids is 2. The van der Waals surface area contributed by atoms with E-state index in [1.54, 1.807) is 12.1 Å². The van der Waals surface area contributed by atoms with Gasteiger partial charge in [0.2, 0.25) is 5.91 Å². The fourth-order valence-corrected chi connectivity index (χ4v) is 3.44. The molecular formula is C17H24N4O2. The molecule has 0 radical (unpaired) electrons. The molecule has 1 saturated heterocycles. The Morgan fingerprint density at radius 1 is 1.22 bits per heavy atom. The summed E-state index contributed by atoms with van der Waals surface area (Å²) in [6.07, 6.45) is 3.17. The molecule has 1 aliphatic carbocycles. The Balaban J connectivity index is 1.58. The third kappa shape index (κ3) is 3.64. The largest absolute Gasteiger partial charge is 0.338 e. The summed E-state index contributed by atoms with van der Waals surface area (Å²) in [5.41, 5.74) is 1.62. The standard InChI is InChI=1S/C17H24N4O2/c1-2-19-16(23)21-13-5-3-4-12(10-13)20-15(22)14-11-17(14)6-8-18-9-7-17/h3-5,10,14,18H,2,6-9,11H2,1H3,(H,20,22)(H2,19,21,23). The molecule has 1 heterocycles. The fraction of sp³-hybridized carbons (Fsp3) is 0.529. The van der Waals surface area contributed by atoms with Gasteiger partial charge in [-0.2, -0.15) is 0 Å². The van der Waals surface area contributed by atoms with Crippen molar-refractivity contribution in [3.63, 3.8) is 0 Å². The molecule has 1 aromatic rings. The molecule has 1 unspecified atom stereocenters. The number of amides is 3. The summed E-state index contributed by atoms with van der Waals surface area (Å²) in [6, 6.07) is 7.01. The molecule has 0 bridgehead atoms. The fourth-order valence-electron chi connectivity index (χ4n) is 3.44. The summed E-state index contributed by atoms with van der Waals surface area (Å²) in [6.45, 7) is 4.45. The Kier molecular flexibility index (Phi) is 4.52. The number of rotatable bonds is 4. The molecule has 2 aliphatic rings. The first-order chi connectivity index (χ1) is 11.1. The maximum Gasteiger partial charge on any atom is 0.319 e. The van der Waals surface area contributed by atoms with Crippen molar-refractivity contribution in [1.29, 1.82) is 0 Å². The predicted molar refractivity (Wildman–Crippen MR) is 90.4 cm³/mol. The average Bonchev–Trinajstić information content (AvgIpc) is 3.22. The van der Waals surface area contributed by atoms with Gasteiger partial charge in [0, 0.05) is 23.8 Å². The van der Waals surface area contributed by atoms with E-state index >= 15 is 0 Å². The van der Waals surface area contributed by atoms with Crippen LogP contribution in [0, 0.1) is 11.3 Å². The van der Waals surface area contributed by atoms with Crippen LogP contribution in [-0.2, 0) is 4.79 Å². The van der Waals surface area contributed by atoms with Crippen LogP contribution < -0.4 is 21.3 Å². The van der Waals surface area contributed by atoms with Gasteiger partial charge in [-0.05, 0) is 62.9 Å². The normalized spacial score (nSPS) is 21.5. The number of urea groups is 1. The van der Waals surface area contributed by atoms with Gasteiger partial charge < -0.3 is 21.3 Å². The van der Waals surface area contributed by atoms with Crippen molar-refractivity contribution >= 4 is 23.3 Å². The van der Waals surface area contributed by atoms with Crippen LogP contribution >= 0.6 is 0 Å². The van der Waals surface area contributed by atoms with Crippen LogP contribution in [0.1, 0.15) is 26.2 Å². The summed E-state index contributed by atoms with van der Waals surface area (Å²) in [5, 5.41) is 11.8. The first-order valence-corrected chi connectivity index (χ1v) is 8.29. The zero-order chi connectivity index (χ0) is 16.3. The van der Waals surface area contributed by atoms with Gasteiger partial charge in [-0.3, -0.25) is 4.79 Å². The van der Waals surface area contributed by atoms with Crippen LogP contribution in [-0.4, -0.2) is 31.6 Å². The van der Waals surface area contributed by atoms with E-state index in [9.17, 15) is 9.59 Å². The Bertz CT molecular complexity index is 596. The number of benzene rings is 1. The molecule has 4 N–H and O–H groups in total. The van der Waals surface area contributed by atoms with E-state index < -0.39 is 0 Å². The van der Waals surface area contributed by atoms with Crippen LogP contribution in [0.25, 0.3) is 0 Å². The maximum absolute atomic E-state index is 12.5. The molecule has 2 fully saturated rings. The zero-order valence-electron chi connectivity index (χ0n) is 13.4. The molecule has 124 valence electrons. The highest BCUT2D eigenvalue weighted by Gasteiger charge is 2.57. The number of anilines is 2. The van der Waals surface area contributed by atoms with Gasteiger partial charge in [0.25, 0.3) is 0 Å². The Labute approximate surface area is 136 Å². The zero-order valence-corrected chi connectivity index (χ0v) is 13.4. The van der Waals surface area contributed by atoms with E-state index in [1.165, 1.54) is 0 Å². The SMILES string of the molecule is CCNC(=O)Nc1cccc(NC(=O)C2CC23CCNCC3)c1. The molecule has 1 atom stereocenters. The van der Waals surface area contributed by atoms with Gasteiger partial charge in [-0.1, -0.05) is 6.07 Å². The molecule has 6 nitrogen and oxygen atoms in total. The molecule has 6 heteroatoms. The summed E-state index contributed by atoms with van der Waals surface area (Å²) in [7, 11) is 0. The predicted octanol–water partition coefficient (Wildman–Crippen LogP) is 2.16. The molecular weight excluding hydrogens is 292 g/mol. The topological polar surface area (TPSA) is 82.3 Å². The van der Waals surface area contributed by atoms with Gasteiger partial charge in [-0.15, -0.1) is 0 Å². The summed E-state index contributed by atoms with van der Waals surface area (Å²) in [5.74, 6) is 0.228. The van der Waals surface area contributed by atoms with Crippen LogP contribution in [0.2, 0.25) is 0 Å². The molecule has 1 saturated carbocycles. The summed E-state index contributed by atoms with van der Waals surface area (Å²) in [4.78, 5) is 24.0. The summed E-state index contributed by atoms with van der Waals surface area (Å²) >= 11 is 0. The Morgan fingerprint density at radius 2 is 1.91 bits per heavy atom. The van der Waals surface area contributed by atoms with Crippen molar-refractivity contribution in [2.75, 3.05) is 30.3 Å². The molecule has 1 aromatic carbocycles. The minimum atomic E-state index is -0.244. The monoisotopic (exact) mass is 316 g/mol. The smallest absolute Gasteiger partial charge is 0.319 e. The Hall–Kier alpha value is -2.08. The van der Waals surface area contributed by atoms with E-state index in [-0.39, 0.29) is 23.3 Å². The van der Waals surface area contributed by atoms with Crippen molar-refractivity contribution in [3.8, 4) is 0 Å². The van der Waals surface area contributed by atoms with Crippen molar-refractivity contribution < 1.29 is 9.59 Å². The highest BCUT2D eigenvalue weighted by molar-refractivity contribution is 5.96. The van der Waals surface area contributed by atoms with E-state index in [0.717, 1.165) is 38.0 Å². The van der Waals surface area contributed by atoms with Gasteiger partial charge in [0.15, 0.2) is 0 Å². The molecule has 23 heavy (non-hydrogen) atoms. The highest BCUT2D eigenvalue weighted by atomic mass is 16.2. The maximum atomic E-state index is 12.5. The second-order valence-corrected chi connectivity index (χ2v) is 6.42. The molecule has 0 aromatic heterocycles. The van der Waals surface area contributed by atoms with E-state index in [4.69, 9.17) is 0 Å². The molecule has 1 aliphatic heterocycles. The van der Waals surface area contributed by atoms with Gasteiger partial charge in [-0.25, -0.2) is 4.79 Å². The third-order valence-electron chi connectivity index (χ3n) is 4.83. The number of nitrogens with one attached hydrogen (secondary N) is 4. The number of carbonyl (C=O) groups is 2. The van der Waals surface area contributed by atoms with Gasteiger partial charge in [0.05, 0.1) is 0 Å². The number of hydrogen-bond acceptors (Lipinski definition) is 3. The first-order valence-electron chi connectivity index (χ1n) is 8.29. The van der Waals surface area contributed by atoms with E-state index in [0.29, 0.717) is 12.2 Å². The van der Waals surface area contributed by atoms with Gasteiger partial charge in [0.1, 0.15) is 0 Å². The van der Waals surface area contributed by atoms with Crippen molar-refractivity contribution in [3.05, 3.63) is 24.3 Å². The van der Waals surface area contributed by atoms with Crippen molar-refractivity contribution in [2.45, 2.75) is 26.2 Å². The first kappa shape index (κ1) is 15.8. The van der Waals surface area contributed by atoms with Crippen LogP contribution in [0.4, 0.5) is 16.2 Å². The summed E-state index contributed by atoms with van der Waals surface area (Å²) < 4.78 is 0. The lowest BCUT2D eigenvalue weighted by molar-refractivity contribution is -0.118. The van der Waals surface area contributed by atoms with Crippen LogP contribution in [0.5, 0.6) is 0 Å². The quantitative estimate of drug-likeness (QED) is 0.687. The second kappa shape index (κ2) is 6.58. The lowest BCUT2D eigenvalue weighted by Gasteiger charge is -2.23. The van der Waals surface area contributed by atoms with Crippen LogP contribution in [0.15, 0.2) is 24.3 Å². The molecule has 3 rings (SSSR count). The van der Waals surface area contributed by atoms with E-state index in [2.05, 4.69) is 21.3 Å². The van der Waals surface area contributed by atoms with Crippen molar-refractivity contribution in [2.24, 2.45) is 11.3 Å². The average molecular weight is 316 g/mol. The molecule has 3 amide bonds. The minimum Gasteiger partial charge on any atom is -0.338 e. The third-order valence-corrected chi connectivity index (χ3v) is 4.83. The lowest BCUT2D eigenvalue weighted by atomic mass is 9.92. The number of hydrogen-bond donors (Lipinski definition) is 4.